The maximum atomic E-state index is 12.6. The molecule has 6 atom stereocenters. The number of hydrogen-bond acceptors (Lipinski definition) is 9. The van der Waals surface area contributed by atoms with E-state index in [-0.39, 0.29) is 23.7 Å². The highest BCUT2D eigenvalue weighted by Crippen LogP contribution is 2.30. The van der Waals surface area contributed by atoms with Crippen LogP contribution >= 0.6 is 0 Å². The Bertz CT molecular complexity index is 845. The van der Waals surface area contributed by atoms with Gasteiger partial charge in [0.1, 0.15) is 23.5 Å². The molecule has 1 aliphatic rings. The van der Waals surface area contributed by atoms with E-state index in [1.807, 2.05) is 13.8 Å². The molecule has 11 heteroatoms. The molecule has 8 N–H and O–H groups in total. The molecule has 0 saturated carbocycles. The zero-order chi connectivity index (χ0) is 24.2. The van der Waals surface area contributed by atoms with E-state index in [1.165, 1.54) is 6.07 Å². The maximum absolute atomic E-state index is 12.6. The zero-order valence-electron chi connectivity index (χ0n) is 17.8. The van der Waals surface area contributed by atoms with Crippen LogP contribution < -0.4 is 11.1 Å². The number of rotatable bonds is 10. The third kappa shape index (κ3) is 6.16. The molecule has 1 heterocycles. The number of aromatic hydroxyl groups is 1. The lowest BCUT2D eigenvalue weighted by molar-refractivity contribution is -0.145. The van der Waals surface area contributed by atoms with Crippen molar-refractivity contribution in [3.63, 3.8) is 0 Å². The number of fused-ring (bicyclic) bond motifs is 1. The number of amides is 1. The number of benzene rings is 1. The Balaban J connectivity index is 2.14. The van der Waals surface area contributed by atoms with E-state index in [4.69, 9.17) is 15.6 Å². The monoisotopic (exact) mass is 454 g/mol. The van der Waals surface area contributed by atoms with Crippen LogP contribution in [0.2, 0.25) is 0 Å². The summed E-state index contributed by atoms with van der Waals surface area (Å²) in [5.74, 6) is -3.25. The molecule has 1 aromatic carbocycles. The summed E-state index contributed by atoms with van der Waals surface area (Å²) in [7, 11) is 0. The van der Waals surface area contributed by atoms with Gasteiger partial charge in [-0.25, -0.2) is 4.79 Å². The number of aliphatic carboxylic acids is 1. The van der Waals surface area contributed by atoms with Gasteiger partial charge >= 0.3 is 11.9 Å². The highest BCUT2D eigenvalue weighted by molar-refractivity contribution is 5.95. The minimum atomic E-state index is -2.10. The van der Waals surface area contributed by atoms with Gasteiger partial charge in [-0.2, -0.15) is 0 Å². The first-order chi connectivity index (χ1) is 14.9. The molecular formula is C21H30N2O9. The van der Waals surface area contributed by atoms with Crippen molar-refractivity contribution in [1.29, 1.82) is 0 Å². The van der Waals surface area contributed by atoms with Crippen molar-refractivity contribution in [3.05, 3.63) is 29.3 Å². The number of ether oxygens (including phenoxy) is 1. The van der Waals surface area contributed by atoms with E-state index in [0.29, 0.717) is 12.0 Å². The second kappa shape index (κ2) is 10.7. The van der Waals surface area contributed by atoms with Crippen molar-refractivity contribution in [1.82, 2.24) is 5.32 Å². The topological polar surface area (TPSA) is 200 Å². The smallest absolute Gasteiger partial charge is 0.342 e. The summed E-state index contributed by atoms with van der Waals surface area (Å²) in [4.78, 5) is 35.7. The van der Waals surface area contributed by atoms with Crippen LogP contribution in [0.4, 0.5) is 0 Å². The molecule has 1 aliphatic heterocycles. The third-order valence-electron chi connectivity index (χ3n) is 5.31. The number of nitrogens with one attached hydrogen (secondary N) is 1. The van der Waals surface area contributed by atoms with Crippen LogP contribution in [0.5, 0.6) is 5.75 Å². The minimum absolute atomic E-state index is 0.0567. The molecule has 0 fully saturated rings. The Kier molecular flexibility index (Phi) is 8.56. The molecule has 0 aliphatic carbocycles. The molecular weight excluding hydrogens is 424 g/mol. The zero-order valence-corrected chi connectivity index (χ0v) is 17.8. The first-order valence-corrected chi connectivity index (χ1v) is 10.3. The number of cyclic esters (lactones) is 1. The molecule has 0 bridgehead atoms. The highest BCUT2D eigenvalue weighted by atomic mass is 16.5. The maximum Gasteiger partial charge on any atom is 0.342 e. The van der Waals surface area contributed by atoms with Gasteiger partial charge in [0, 0.05) is 12.5 Å². The summed E-state index contributed by atoms with van der Waals surface area (Å²) >= 11 is 0. The van der Waals surface area contributed by atoms with Crippen LogP contribution in [0, 0.1) is 5.92 Å². The number of nitrogens with two attached hydrogens (primary N) is 1. The Morgan fingerprint density at radius 3 is 2.47 bits per heavy atom. The van der Waals surface area contributed by atoms with Gasteiger partial charge in [0.05, 0.1) is 18.6 Å². The summed E-state index contributed by atoms with van der Waals surface area (Å²) in [6.45, 7) is 3.76. The second-order valence-corrected chi connectivity index (χ2v) is 8.39. The van der Waals surface area contributed by atoms with Gasteiger partial charge in [-0.3, -0.25) is 9.59 Å². The number of carbonyl (C=O) groups excluding carboxylic acids is 2. The number of carboxylic acid groups (broad SMARTS) is 1. The number of hydrogen-bond donors (Lipinski definition) is 7. The average Bonchev–Trinajstić information content (AvgIpc) is 2.70. The summed E-state index contributed by atoms with van der Waals surface area (Å²) < 4.78 is 5.43. The standard InChI is InChI=1S/C21H30N2O9/c1-9(2)6-12(14-7-10-4-3-5-13(24)16(10)21(31)32-14)23-20(30)19(29)18(28)17(27)11(22)8-15(25)26/h3-5,9,11-12,14,17-19,24,27-29H,6-8,22H2,1-2H3,(H,23,30)(H,25,26). The Morgan fingerprint density at radius 1 is 1.22 bits per heavy atom. The van der Waals surface area contributed by atoms with E-state index in [9.17, 15) is 34.8 Å². The van der Waals surface area contributed by atoms with Gasteiger partial charge in [-0.05, 0) is 24.0 Å². The SMILES string of the molecule is CC(C)CC(NC(=O)C(O)C(O)C(O)C(N)CC(=O)O)C1Cc2cccc(O)c2C(=O)O1. The minimum Gasteiger partial charge on any atom is -0.507 e. The van der Waals surface area contributed by atoms with Crippen LogP contribution in [0.3, 0.4) is 0 Å². The Hall–Kier alpha value is -2.73. The van der Waals surface area contributed by atoms with Crippen molar-refractivity contribution in [2.24, 2.45) is 11.7 Å². The van der Waals surface area contributed by atoms with Gasteiger partial charge in [-0.1, -0.05) is 26.0 Å². The van der Waals surface area contributed by atoms with E-state index in [1.54, 1.807) is 12.1 Å². The lowest BCUT2D eigenvalue weighted by Crippen LogP contribution is -2.57. The summed E-state index contributed by atoms with van der Waals surface area (Å²) in [5.41, 5.74) is 6.11. The average molecular weight is 454 g/mol. The van der Waals surface area contributed by atoms with E-state index < -0.39 is 60.8 Å². The lowest BCUT2D eigenvalue weighted by Gasteiger charge is -2.34. The predicted molar refractivity (Wildman–Crippen MR) is 111 cm³/mol. The largest absolute Gasteiger partial charge is 0.507 e. The number of carboxylic acids is 1. The number of phenols is 1. The predicted octanol–water partition coefficient (Wildman–Crippen LogP) is -1.11. The summed E-state index contributed by atoms with van der Waals surface area (Å²) in [6.07, 6.45) is -6.90. The molecule has 1 aromatic rings. The molecule has 11 nitrogen and oxygen atoms in total. The summed E-state index contributed by atoms with van der Waals surface area (Å²) in [5, 5.41) is 51.5. The van der Waals surface area contributed by atoms with Crippen molar-refractivity contribution in [3.8, 4) is 5.75 Å². The van der Waals surface area contributed by atoms with Gasteiger partial charge in [0.25, 0.3) is 5.91 Å². The number of esters is 1. The molecule has 0 radical (unpaired) electrons. The quantitative estimate of drug-likeness (QED) is 0.213. The van der Waals surface area contributed by atoms with E-state index in [2.05, 4.69) is 5.32 Å². The van der Waals surface area contributed by atoms with Crippen LogP contribution in [0.1, 0.15) is 42.6 Å². The van der Waals surface area contributed by atoms with Gasteiger partial charge in [-0.15, -0.1) is 0 Å². The summed E-state index contributed by atoms with van der Waals surface area (Å²) in [6, 6.07) is 2.47. The number of phenolic OH excluding ortho intramolecular Hbond substituents is 1. The molecule has 178 valence electrons. The van der Waals surface area contributed by atoms with Crippen molar-refractivity contribution in [2.45, 2.75) is 69.6 Å². The molecule has 6 unspecified atom stereocenters. The molecule has 1 amide bonds. The first kappa shape index (κ1) is 25.5. The molecule has 0 aromatic heterocycles. The number of aliphatic hydroxyl groups excluding tert-OH is 3. The highest BCUT2D eigenvalue weighted by Gasteiger charge is 2.38. The van der Waals surface area contributed by atoms with Crippen LogP contribution in [-0.4, -0.2) is 79.9 Å². The van der Waals surface area contributed by atoms with E-state index in [0.717, 1.165) is 0 Å². The van der Waals surface area contributed by atoms with E-state index >= 15 is 0 Å². The molecule has 32 heavy (non-hydrogen) atoms. The van der Waals surface area contributed by atoms with Gasteiger partial charge in [0.15, 0.2) is 6.10 Å². The molecule has 0 spiro atoms. The second-order valence-electron chi connectivity index (χ2n) is 8.39. The first-order valence-electron chi connectivity index (χ1n) is 10.3. The number of aliphatic hydroxyl groups is 3. The Morgan fingerprint density at radius 2 is 1.88 bits per heavy atom. The van der Waals surface area contributed by atoms with Crippen molar-refractivity contribution < 1.29 is 44.7 Å². The van der Waals surface area contributed by atoms with Crippen molar-refractivity contribution >= 4 is 17.8 Å². The normalized spacial score (nSPS) is 20.5. The van der Waals surface area contributed by atoms with Crippen molar-refractivity contribution in [2.75, 3.05) is 0 Å². The van der Waals surface area contributed by atoms with Gasteiger partial charge in [0.2, 0.25) is 0 Å². The van der Waals surface area contributed by atoms with Gasteiger partial charge < -0.3 is 41.3 Å². The lowest BCUT2D eigenvalue weighted by atomic mass is 9.90. The fourth-order valence-electron chi connectivity index (χ4n) is 3.67. The Labute approximate surface area is 184 Å². The fraction of sp³-hybridized carbons (Fsp3) is 0.571. The number of carbonyl (C=O) groups is 3. The molecule has 2 rings (SSSR count). The third-order valence-corrected chi connectivity index (χ3v) is 5.31. The van der Waals surface area contributed by atoms with Crippen LogP contribution in [-0.2, 0) is 20.7 Å². The van der Waals surface area contributed by atoms with Crippen LogP contribution in [0.25, 0.3) is 0 Å². The van der Waals surface area contributed by atoms with Crippen LogP contribution in [0.15, 0.2) is 18.2 Å². The molecule has 0 saturated heterocycles. The fourth-order valence-corrected chi connectivity index (χ4v) is 3.67.